The lowest BCUT2D eigenvalue weighted by molar-refractivity contribution is -0.113. The minimum absolute atomic E-state index is 0.123. The van der Waals surface area contributed by atoms with Crippen LogP contribution in [0.4, 0.5) is 5.69 Å². The molecule has 1 amide bonds. The van der Waals surface area contributed by atoms with Gasteiger partial charge in [-0.25, -0.2) is 0 Å². The van der Waals surface area contributed by atoms with E-state index in [2.05, 4.69) is 27.1 Å². The number of hydrogen-bond acceptors (Lipinski definition) is 6. The number of nitrogens with one attached hydrogen (secondary N) is 1. The van der Waals surface area contributed by atoms with Crippen molar-refractivity contribution in [1.29, 1.82) is 0 Å². The van der Waals surface area contributed by atoms with Crippen LogP contribution in [0.5, 0.6) is 5.75 Å². The summed E-state index contributed by atoms with van der Waals surface area (Å²) in [4.78, 5) is 16.6. The van der Waals surface area contributed by atoms with Gasteiger partial charge in [0.1, 0.15) is 11.4 Å². The first-order chi connectivity index (χ1) is 13.7. The number of hydrogen-bond donors (Lipinski definition) is 1. The Morgan fingerprint density at radius 3 is 2.75 bits per heavy atom. The third kappa shape index (κ3) is 4.98. The van der Waals surface area contributed by atoms with E-state index in [0.717, 1.165) is 17.1 Å². The summed E-state index contributed by atoms with van der Waals surface area (Å²) < 4.78 is 7.29. The molecule has 0 unspecified atom stereocenters. The van der Waals surface area contributed by atoms with E-state index in [1.165, 1.54) is 11.8 Å². The van der Waals surface area contributed by atoms with Crippen LogP contribution in [0.15, 0.2) is 66.5 Å². The molecule has 0 aliphatic heterocycles. The van der Waals surface area contributed by atoms with Crippen LogP contribution in [0.25, 0.3) is 11.5 Å². The van der Waals surface area contributed by atoms with Gasteiger partial charge in [-0.05, 0) is 43.3 Å². The zero-order valence-corrected chi connectivity index (χ0v) is 16.4. The molecule has 28 heavy (non-hydrogen) atoms. The Kier molecular flexibility index (Phi) is 6.80. The maximum absolute atomic E-state index is 12.3. The number of allylic oxidation sites excluding steroid dienone is 1. The van der Waals surface area contributed by atoms with Crippen LogP contribution < -0.4 is 10.1 Å². The normalized spacial score (nSPS) is 10.5. The van der Waals surface area contributed by atoms with Gasteiger partial charge in [-0.3, -0.25) is 14.3 Å². The number of carbonyl (C=O) groups is 1. The van der Waals surface area contributed by atoms with Gasteiger partial charge in [-0.15, -0.1) is 16.8 Å². The van der Waals surface area contributed by atoms with Crippen molar-refractivity contribution in [2.75, 3.05) is 17.7 Å². The highest BCUT2D eigenvalue weighted by Crippen LogP contribution is 2.23. The predicted octanol–water partition coefficient (Wildman–Crippen LogP) is 3.66. The summed E-state index contributed by atoms with van der Waals surface area (Å²) >= 11 is 1.32. The number of anilines is 1. The van der Waals surface area contributed by atoms with Crippen LogP contribution in [-0.4, -0.2) is 38.0 Å². The third-order valence-corrected chi connectivity index (χ3v) is 4.67. The van der Waals surface area contributed by atoms with Crippen molar-refractivity contribution in [1.82, 2.24) is 19.7 Å². The molecule has 1 N–H and O–H groups in total. The Bertz CT molecular complexity index is 926. The minimum Gasteiger partial charge on any atom is -0.494 e. The fourth-order valence-corrected chi connectivity index (χ4v) is 3.25. The second kappa shape index (κ2) is 9.70. The van der Waals surface area contributed by atoms with Crippen molar-refractivity contribution in [2.45, 2.75) is 18.6 Å². The Morgan fingerprint density at radius 2 is 2.07 bits per heavy atom. The van der Waals surface area contributed by atoms with Crippen LogP contribution in [0, 0.1) is 0 Å². The number of carbonyl (C=O) groups excluding carboxylic acids is 1. The molecule has 0 radical (unpaired) electrons. The minimum atomic E-state index is -0.123. The van der Waals surface area contributed by atoms with Crippen LogP contribution >= 0.6 is 11.8 Å². The summed E-state index contributed by atoms with van der Waals surface area (Å²) in [7, 11) is 0. The van der Waals surface area contributed by atoms with Crippen molar-refractivity contribution < 1.29 is 9.53 Å². The summed E-state index contributed by atoms with van der Waals surface area (Å²) in [6.07, 6.45) is 3.47. The van der Waals surface area contributed by atoms with E-state index in [0.29, 0.717) is 24.1 Å². The van der Waals surface area contributed by atoms with Crippen molar-refractivity contribution in [3.63, 3.8) is 0 Å². The van der Waals surface area contributed by atoms with Crippen molar-refractivity contribution in [3.8, 4) is 17.3 Å². The first-order valence-electron chi connectivity index (χ1n) is 8.82. The number of benzene rings is 1. The van der Waals surface area contributed by atoms with Crippen LogP contribution in [0.2, 0.25) is 0 Å². The summed E-state index contributed by atoms with van der Waals surface area (Å²) in [5.41, 5.74) is 1.44. The number of pyridine rings is 1. The summed E-state index contributed by atoms with van der Waals surface area (Å²) in [5, 5.41) is 12.0. The number of amides is 1. The fraction of sp³-hybridized carbons (Fsp3) is 0.200. The molecule has 144 valence electrons. The van der Waals surface area contributed by atoms with Gasteiger partial charge in [0.25, 0.3) is 0 Å². The summed E-state index contributed by atoms with van der Waals surface area (Å²) in [5.74, 6) is 1.51. The SMILES string of the molecule is C=CCn1c(SCC(=O)Nc2ccc(OCC)cc2)nnc1-c1ccccn1. The molecule has 0 atom stereocenters. The largest absolute Gasteiger partial charge is 0.494 e. The standard InChI is InChI=1S/C20H21N5O2S/c1-3-13-25-19(17-7-5-6-12-21-17)23-24-20(25)28-14-18(26)22-15-8-10-16(11-9-15)27-4-2/h3,5-12H,1,4,13-14H2,2H3,(H,22,26). The zero-order valence-electron chi connectivity index (χ0n) is 15.5. The molecule has 0 bridgehead atoms. The predicted molar refractivity (Wildman–Crippen MR) is 110 cm³/mol. The smallest absolute Gasteiger partial charge is 0.234 e. The highest BCUT2D eigenvalue weighted by molar-refractivity contribution is 7.99. The lowest BCUT2D eigenvalue weighted by Gasteiger charge is -2.08. The molecule has 0 aliphatic rings. The molecule has 0 saturated carbocycles. The highest BCUT2D eigenvalue weighted by atomic mass is 32.2. The molecule has 2 heterocycles. The molecule has 2 aromatic heterocycles. The summed E-state index contributed by atoms with van der Waals surface area (Å²) in [6.45, 7) is 6.85. The highest BCUT2D eigenvalue weighted by Gasteiger charge is 2.15. The van der Waals surface area contributed by atoms with Gasteiger partial charge < -0.3 is 10.1 Å². The monoisotopic (exact) mass is 395 g/mol. The number of aromatic nitrogens is 4. The second-order valence-electron chi connectivity index (χ2n) is 5.71. The van der Waals surface area contributed by atoms with Gasteiger partial charge >= 0.3 is 0 Å². The molecular weight excluding hydrogens is 374 g/mol. The maximum Gasteiger partial charge on any atom is 0.234 e. The first-order valence-corrected chi connectivity index (χ1v) is 9.80. The molecular formula is C20H21N5O2S. The van der Waals surface area contributed by atoms with Crippen molar-refractivity contribution >= 4 is 23.4 Å². The van der Waals surface area contributed by atoms with Crippen molar-refractivity contribution in [2.24, 2.45) is 0 Å². The molecule has 8 heteroatoms. The van der Waals surface area contributed by atoms with E-state index in [4.69, 9.17) is 4.74 Å². The molecule has 3 aromatic rings. The Hall–Kier alpha value is -3.13. The molecule has 0 aliphatic carbocycles. The van der Waals surface area contributed by atoms with Gasteiger partial charge in [0.15, 0.2) is 11.0 Å². The fourth-order valence-electron chi connectivity index (χ4n) is 2.50. The van der Waals surface area contributed by atoms with Gasteiger partial charge in [0, 0.05) is 18.4 Å². The number of ether oxygens (including phenoxy) is 1. The molecule has 7 nitrogen and oxygen atoms in total. The molecule has 0 spiro atoms. The first kappa shape index (κ1) is 19.6. The molecule has 1 aromatic carbocycles. The average molecular weight is 395 g/mol. The van der Waals surface area contributed by atoms with Gasteiger partial charge in [-0.2, -0.15) is 0 Å². The topological polar surface area (TPSA) is 81.9 Å². The van der Waals surface area contributed by atoms with E-state index in [1.807, 2.05) is 54.0 Å². The second-order valence-corrected chi connectivity index (χ2v) is 6.66. The Labute approximate surface area is 167 Å². The quantitative estimate of drug-likeness (QED) is 0.440. The van der Waals surface area contributed by atoms with E-state index in [9.17, 15) is 4.79 Å². The average Bonchev–Trinajstić information content (AvgIpc) is 3.12. The number of rotatable bonds is 9. The third-order valence-electron chi connectivity index (χ3n) is 3.70. The van der Waals surface area contributed by atoms with Gasteiger partial charge in [-0.1, -0.05) is 23.9 Å². The van der Waals surface area contributed by atoms with E-state index >= 15 is 0 Å². The van der Waals surface area contributed by atoms with Crippen molar-refractivity contribution in [3.05, 3.63) is 61.3 Å². The Morgan fingerprint density at radius 1 is 1.25 bits per heavy atom. The van der Waals surface area contributed by atoms with Crippen LogP contribution in [-0.2, 0) is 11.3 Å². The number of nitrogens with zero attached hydrogens (tertiary/aromatic N) is 4. The molecule has 3 rings (SSSR count). The lowest BCUT2D eigenvalue weighted by Crippen LogP contribution is -2.14. The van der Waals surface area contributed by atoms with Crippen LogP contribution in [0.1, 0.15) is 6.92 Å². The molecule has 0 saturated heterocycles. The summed E-state index contributed by atoms with van der Waals surface area (Å²) in [6, 6.07) is 12.9. The molecule has 0 fully saturated rings. The lowest BCUT2D eigenvalue weighted by atomic mass is 10.3. The van der Waals surface area contributed by atoms with Crippen LogP contribution in [0.3, 0.4) is 0 Å². The van der Waals surface area contributed by atoms with E-state index in [-0.39, 0.29) is 11.7 Å². The van der Waals surface area contributed by atoms with E-state index in [1.54, 1.807) is 12.3 Å². The van der Waals surface area contributed by atoms with Gasteiger partial charge in [0.05, 0.1) is 12.4 Å². The maximum atomic E-state index is 12.3. The number of thioether (sulfide) groups is 1. The zero-order chi connectivity index (χ0) is 19.8. The van der Waals surface area contributed by atoms with Gasteiger partial charge in [0.2, 0.25) is 5.91 Å². The van der Waals surface area contributed by atoms with E-state index < -0.39 is 0 Å². The Balaban J connectivity index is 1.64.